The fourth-order valence-corrected chi connectivity index (χ4v) is 4.37. The van der Waals surface area contributed by atoms with Crippen LogP contribution in [0.1, 0.15) is 26.2 Å². The zero-order chi connectivity index (χ0) is 21.8. The van der Waals surface area contributed by atoms with Gasteiger partial charge < -0.3 is 14.4 Å². The second kappa shape index (κ2) is 9.52. The molecule has 6 heteroatoms. The Balaban J connectivity index is 1.48. The molecule has 2 heterocycles. The molecule has 1 aliphatic rings. The van der Waals surface area contributed by atoms with Crippen molar-refractivity contribution in [1.82, 2.24) is 14.5 Å². The van der Waals surface area contributed by atoms with Gasteiger partial charge in [-0.1, -0.05) is 19.1 Å². The van der Waals surface area contributed by atoms with Gasteiger partial charge in [-0.25, -0.2) is 4.98 Å². The van der Waals surface area contributed by atoms with Crippen LogP contribution in [0.15, 0.2) is 47.3 Å². The molecule has 0 aliphatic carbocycles. The summed E-state index contributed by atoms with van der Waals surface area (Å²) < 4.78 is 13.2. The number of para-hydroxylation sites is 1. The number of likely N-dealkylation sites (tertiary alicyclic amines) is 1. The van der Waals surface area contributed by atoms with Crippen molar-refractivity contribution in [1.29, 1.82) is 0 Å². The van der Waals surface area contributed by atoms with E-state index in [1.54, 1.807) is 24.8 Å². The topological polar surface area (TPSA) is 56.6 Å². The Morgan fingerprint density at radius 1 is 1.19 bits per heavy atom. The molecule has 0 amide bonds. The minimum Gasteiger partial charge on any atom is -0.496 e. The Morgan fingerprint density at radius 2 is 2.03 bits per heavy atom. The molecule has 0 spiro atoms. The smallest absolute Gasteiger partial charge is 0.261 e. The van der Waals surface area contributed by atoms with Gasteiger partial charge >= 0.3 is 0 Å². The fraction of sp³-hybridized carbons (Fsp3) is 0.440. The van der Waals surface area contributed by atoms with Crippen molar-refractivity contribution >= 4 is 10.9 Å². The fourth-order valence-electron chi connectivity index (χ4n) is 4.37. The molecule has 31 heavy (non-hydrogen) atoms. The van der Waals surface area contributed by atoms with Crippen LogP contribution in [0.3, 0.4) is 0 Å². The van der Waals surface area contributed by atoms with Crippen LogP contribution < -0.4 is 15.0 Å². The second-order valence-corrected chi connectivity index (χ2v) is 8.43. The highest BCUT2D eigenvalue weighted by Gasteiger charge is 2.17. The maximum atomic E-state index is 12.8. The van der Waals surface area contributed by atoms with Crippen molar-refractivity contribution in [3.05, 3.63) is 52.8 Å². The van der Waals surface area contributed by atoms with Crippen LogP contribution in [0.25, 0.3) is 22.3 Å². The van der Waals surface area contributed by atoms with Crippen LogP contribution in [0.5, 0.6) is 11.5 Å². The Morgan fingerprint density at radius 3 is 2.84 bits per heavy atom. The standard InChI is InChI=1S/C25H31N3O3/c1-18-8-6-13-28(17-18)14-7-15-31-19-11-12-21(23(16-19)30-3)24-26-22-10-5-4-9-20(22)25(29)27(24)2/h4-5,9-12,16,18H,6-8,13-15,17H2,1-3H3. The third-order valence-corrected chi connectivity index (χ3v) is 6.03. The molecule has 0 saturated carbocycles. The number of aromatic nitrogens is 2. The van der Waals surface area contributed by atoms with Crippen molar-refractivity contribution in [3.63, 3.8) is 0 Å². The summed E-state index contributed by atoms with van der Waals surface area (Å²) in [5, 5.41) is 0.607. The van der Waals surface area contributed by atoms with E-state index in [4.69, 9.17) is 14.5 Å². The first kappa shape index (κ1) is 21.4. The van der Waals surface area contributed by atoms with Gasteiger partial charge in [-0.15, -0.1) is 0 Å². The van der Waals surface area contributed by atoms with E-state index in [9.17, 15) is 4.79 Å². The van der Waals surface area contributed by atoms with Crippen molar-refractivity contribution < 1.29 is 9.47 Å². The predicted octanol–water partition coefficient (Wildman–Crippen LogP) is 4.11. The normalized spacial score (nSPS) is 17.1. The Kier molecular flexibility index (Phi) is 6.56. The van der Waals surface area contributed by atoms with E-state index >= 15 is 0 Å². The highest BCUT2D eigenvalue weighted by Crippen LogP contribution is 2.32. The summed E-state index contributed by atoms with van der Waals surface area (Å²) in [7, 11) is 3.36. The van der Waals surface area contributed by atoms with Crippen molar-refractivity contribution in [2.24, 2.45) is 13.0 Å². The molecule has 0 N–H and O–H groups in total. The summed E-state index contributed by atoms with van der Waals surface area (Å²) in [6.07, 6.45) is 3.64. The van der Waals surface area contributed by atoms with Gasteiger partial charge in [-0.05, 0) is 56.0 Å². The molecule has 1 atom stereocenters. The average Bonchev–Trinajstić information content (AvgIpc) is 2.79. The third-order valence-electron chi connectivity index (χ3n) is 6.03. The molecule has 6 nitrogen and oxygen atoms in total. The number of hydrogen-bond donors (Lipinski definition) is 0. The molecular weight excluding hydrogens is 390 g/mol. The predicted molar refractivity (Wildman–Crippen MR) is 124 cm³/mol. The quantitative estimate of drug-likeness (QED) is 0.538. The summed E-state index contributed by atoms with van der Waals surface area (Å²) in [6, 6.07) is 13.1. The zero-order valence-electron chi connectivity index (χ0n) is 18.6. The van der Waals surface area contributed by atoms with Gasteiger partial charge in [-0.2, -0.15) is 0 Å². The number of hydrogen-bond acceptors (Lipinski definition) is 5. The van der Waals surface area contributed by atoms with E-state index in [2.05, 4.69) is 11.8 Å². The molecule has 1 aliphatic heterocycles. The van der Waals surface area contributed by atoms with Crippen LogP contribution in [0.4, 0.5) is 0 Å². The van der Waals surface area contributed by atoms with E-state index in [1.807, 2.05) is 36.4 Å². The lowest BCUT2D eigenvalue weighted by molar-refractivity contribution is 0.170. The van der Waals surface area contributed by atoms with E-state index in [0.717, 1.165) is 30.2 Å². The summed E-state index contributed by atoms with van der Waals surface area (Å²) in [4.78, 5) is 20.0. The minimum atomic E-state index is -0.0741. The maximum Gasteiger partial charge on any atom is 0.261 e. The Bertz CT molecular complexity index is 1110. The van der Waals surface area contributed by atoms with Crippen LogP contribution in [0.2, 0.25) is 0 Å². The number of rotatable bonds is 7. The lowest BCUT2D eigenvalue weighted by Crippen LogP contribution is -2.35. The van der Waals surface area contributed by atoms with Gasteiger partial charge in [0.1, 0.15) is 17.3 Å². The molecule has 1 fully saturated rings. The number of benzene rings is 2. The largest absolute Gasteiger partial charge is 0.496 e. The van der Waals surface area contributed by atoms with Crippen LogP contribution in [0, 0.1) is 5.92 Å². The van der Waals surface area contributed by atoms with E-state index in [-0.39, 0.29) is 5.56 Å². The van der Waals surface area contributed by atoms with Crippen LogP contribution in [-0.4, -0.2) is 47.8 Å². The molecule has 1 aromatic heterocycles. The highest BCUT2D eigenvalue weighted by atomic mass is 16.5. The van der Waals surface area contributed by atoms with E-state index in [0.29, 0.717) is 29.1 Å². The van der Waals surface area contributed by atoms with Gasteiger partial charge in [-0.3, -0.25) is 9.36 Å². The molecule has 164 valence electrons. The molecule has 3 aromatic rings. The highest BCUT2D eigenvalue weighted by molar-refractivity contribution is 5.80. The van der Waals surface area contributed by atoms with E-state index < -0.39 is 0 Å². The van der Waals surface area contributed by atoms with Crippen LogP contribution >= 0.6 is 0 Å². The summed E-state index contributed by atoms with van der Waals surface area (Å²) in [5.74, 6) is 2.77. The maximum absolute atomic E-state index is 12.8. The van der Waals surface area contributed by atoms with Gasteiger partial charge in [0.25, 0.3) is 5.56 Å². The minimum absolute atomic E-state index is 0.0741. The number of ether oxygens (including phenoxy) is 2. The molecule has 0 bridgehead atoms. The first-order valence-corrected chi connectivity index (χ1v) is 11.1. The summed E-state index contributed by atoms with van der Waals surface area (Å²) >= 11 is 0. The van der Waals surface area contributed by atoms with Gasteiger partial charge in [0, 0.05) is 26.2 Å². The molecule has 1 saturated heterocycles. The lowest BCUT2D eigenvalue weighted by atomic mass is 10.0. The number of piperidine rings is 1. The molecule has 0 radical (unpaired) electrons. The number of nitrogens with zero attached hydrogens (tertiary/aromatic N) is 3. The number of fused-ring (bicyclic) bond motifs is 1. The van der Waals surface area contributed by atoms with Crippen molar-refractivity contribution in [2.75, 3.05) is 33.4 Å². The molecule has 2 aromatic carbocycles. The summed E-state index contributed by atoms with van der Waals surface area (Å²) in [5.41, 5.74) is 1.37. The summed E-state index contributed by atoms with van der Waals surface area (Å²) in [6.45, 7) is 6.46. The zero-order valence-corrected chi connectivity index (χ0v) is 18.6. The van der Waals surface area contributed by atoms with Gasteiger partial charge in [0.05, 0.1) is 30.2 Å². The van der Waals surface area contributed by atoms with Gasteiger partial charge in [0.2, 0.25) is 0 Å². The average molecular weight is 422 g/mol. The van der Waals surface area contributed by atoms with Gasteiger partial charge in [0.15, 0.2) is 0 Å². The molecule has 4 rings (SSSR count). The van der Waals surface area contributed by atoms with Crippen LogP contribution in [-0.2, 0) is 7.05 Å². The van der Waals surface area contributed by atoms with Crippen molar-refractivity contribution in [3.8, 4) is 22.9 Å². The number of methoxy groups -OCH3 is 1. The third kappa shape index (κ3) is 4.74. The second-order valence-electron chi connectivity index (χ2n) is 8.43. The Hall–Kier alpha value is -2.86. The van der Waals surface area contributed by atoms with Crippen molar-refractivity contribution in [2.45, 2.75) is 26.2 Å². The SMILES string of the molecule is COc1cc(OCCCN2CCCC(C)C2)ccc1-c1nc2ccccc2c(=O)n1C. The monoisotopic (exact) mass is 421 g/mol. The first-order valence-electron chi connectivity index (χ1n) is 11.1. The first-order chi connectivity index (χ1) is 15.1. The van der Waals surface area contributed by atoms with E-state index in [1.165, 1.54) is 25.9 Å². The molecular formula is C25H31N3O3. The lowest BCUT2D eigenvalue weighted by Gasteiger charge is -2.30. The Labute approximate surface area is 183 Å². The molecule has 1 unspecified atom stereocenters.